The number of halogens is 4. The number of nitrogens with one attached hydrogen (secondary N) is 3. The molecule has 0 fully saturated rings. The number of pyridine rings is 1. The van der Waals surface area contributed by atoms with Crippen LogP contribution in [0.3, 0.4) is 0 Å². The predicted molar refractivity (Wildman–Crippen MR) is 327 cm³/mol. The van der Waals surface area contributed by atoms with Crippen LogP contribution < -0.4 is 99.9 Å². The second-order valence-electron chi connectivity index (χ2n) is 24.2. The van der Waals surface area contributed by atoms with Crippen molar-refractivity contribution in [1.29, 1.82) is 0 Å². The molecule has 6 aliphatic rings. The van der Waals surface area contributed by atoms with Crippen molar-refractivity contribution in [2.24, 2.45) is 10.9 Å². The van der Waals surface area contributed by atoms with E-state index < -0.39 is 86.9 Å². The number of carboxylic acid groups (broad SMARTS) is 1. The number of fused-ring (bicyclic) bond motifs is 8. The second-order valence-corrected chi connectivity index (χ2v) is 29.8. The van der Waals surface area contributed by atoms with Crippen LogP contribution in [0.15, 0.2) is 72.8 Å². The van der Waals surface area contributed by atoms with Crippen LogP contribution >= 0.6 is 62.5 Å². The number of unbranched alkanes of at least 4 members (excludes halogenated alkanes) is 2. The number of carboxylic acids is 1. The zero-order chi connectivity index (χ0) is 61.7. The fourth-order valence-corrected chi connectivity index (χ4v) is 17.7. The number of nitrogens with zero attached hydrogens (tertiary/aromatic N) is 2. The van der Waals surface area contributed by atoms with E-state index in [4.69, 9.17) is 54.0 Å². The molecule has 27 heteroatoms. The van der Waals surface area contributed by atoms with Crippen LogP contribution in [-0.2, 0) is 42.7 Å². The third-order valence-corrected chi connectivity index (χ3v) is 22.0. The molecule has 0 saturated carbocycles. The molecule has 2 unspecified atom stereocenters. The minimum atomic E-state index is -5.58. The summed E-state index contributed by atoms with van der Waals surface area (Å²) in [5, 5.41) is 18.4. The van der Waals surface area contributed by atoms with Crippen LogP contribution in [0.1, 0.15) is 165 Å². The molecule has 4 aliphatic heterocycles. The zero-order valence-corrected chi connectivity index (χ0v) is 60.0. The van der Waals surface area contributed by atoms with E-state index in [-0.39, 0.29) is 156 Å². The number of ether oxygens (including phenoxy) is 3. The van der Waals surface area contributed by atoms with Gasteiger partial charge in [-0.1, -0.05) is 89.2 Å². The molecule has 0 spiro atoms. The van der Waals surface area contributed by atoms with Gasteiger partial charge in [-0.05, 0) is 148 Å². The molecular weight excluding hydrogens is 1340 g/mol. The van der Waals surface area contributed by atoms with E-state index in [2.05, 4.69) is 61.2 Å². The topological polar surface area (TPSA) is 275 Å². The molecule has 1 aromatic heterocycles. The van der Waals surface area contributed by atoms with Crippen molar-refractivity contribution in [2.45, 2.75) is 149 Å². The van der Waals surface area contributed by atoms with Gasteiger partial charge in [0, 0.05) is 74.1 Å². The predicted octanol–water partition coefficient (Wildman–Crippen LogP) is 5.13. The van der Waals surface area contributed by atoms with Gasteiger partial charge in [-0.3, -0.25) is 19.6 Å². The molecule has 0 bridgehead atoms. The van der Waals surface area contributed by atoms with Crippen molar-refractivity contribution in [3.63, 3.8) is 0 Å². The Balaban J connectivity index is 0.00000461. The standard InChI is InChI=1S/C61H63BrCl3N5O13S3.2Na/c1-28-23-60(3,4)69-52-33(28)18-38-46(39-19-34-29(2)24-61(5,6)70-53(34)58(86(78,79)80)55(39)83-54(38)57(52)85(75,76)77)47-48(59(73)74)49(63)51(65)56(50(47)64)84-26-45(72)66-15-9-7-8-13-44(71)67-16-14-30-17-37-32-12-10-11-31(32)35(20-41(37)68-25-30)36-21-42-43(22-40(36)62)82-27-81-42;;/h10,12,17-19,21-22,25,28-29,31-32,35,69H,7-9,11,13-16,20,23-24,26-27H2,1-6H3,(H,66,72)(H,67,71)(H,73,74)(H,75,76,77)(H,78,79,80);;/q;2*+1/p-2/t28?,29?,31-,32+,35+;;/m0../s1. The summed E-state index contributed by atoms with van der Waals surface area (Å²) in [6, 6.07) is 9.34. The molecule has 4 N–H and O–H groups in total. The van der Waals surface area contributed by atoms with Crippen molar-refractivity contribution in [3.05, 3.63) is 129 Å². The van der Waals surface area contributed by atoms with Crippen molar-refractivity contribution < 1.29 is 119 Å². The van der Waals surface area contributed by atoms with E-state index in [1.54, 1.807) is 34.6 Å². The molecule has 88 heavy (non-hydrogen) atoms. The maximum Gasteiger partial charge on any atom is 1.00 e. The number of allylic oxidation sites excluding steroid dienone is 2. The average molecular weight is 1400 g/mol. The molecule has 2 amide bonds. The van der Waals surface area contributed by atoms with Crippen LogP contribution in [0.4, 0.5) is 5.69 Å². The second kappa shape index (κ2) is 26.5. The summed E-state index contributed by atoms with van der Waals surface area (Å²) in [5.74, 6) is -2.40. The van der Waals surface area contributed by atoms with Crippen molar-refractivity contribution in [1.82, 2.24) is 15.6 Å². The number of aromatic carboxylic acids is 1. The summed E-state index contributed by atoms with van der Waals surface area (Å²) in [4.78, 5) is 47.7. The molecule has 11 rings (SSSR count). The monoisotopic (exact) mass is 1400 g/mol. The van der Waals surface area contributed by atoms with Crippen LogP contribution in [-0.4, -0.2) is 90.5 Å². The summed E-state index contributed by atoms with van der Waals surface area (Å²) >= 11 is 25.7. The minimum absolute atomic E-state index is 0. The number of amides is 2. The number of rotatable bonds is 17. The largest absolute Gasteiger partial charge is 1.00 e. The number of aromatic nitrogens is 1. The van der Waals surface area contributed by atoms with Gasteiger partial charge in [0.1, 0.15) is 30.0 Å². The quantitative estimate of drug-likeness (QED) is 0.0230. The number of anilines is 1. The van der Waals surface area contributed by atoms with Crippen LogP contribution in [0.2, 0.25) is 15.1 Å². The number of hydrogen-bond donors (Lipinski definition) is 4. The number of benzene rings is 4. The van der Waals surface area contributed by atoms with Crippen LogP contribution in [0, 0.1) is 5.92 Å². The van der Waals surface area contributed by atoms with Gasteiger partial charge in [-0.2, -0.15) is 0 Å². The van der Waals surface area contributed by atoms with Crippen LogP contribution in [0.5, 0.6) is 23.0 Å². The van der Waals surface area contributed by atoms with Gasteiger partial charge >= 0.3 is 65.1 Å². The molecule has 5 heterocycles. The van der Waals surface area contributed by atoms with Crippen LogP contribution in [0.25, 0.3) is 5.57 Å². The third kappa shape index (κ3) is 13.5. The molecule has 4 aromatic carbocycles. The first-order valence-corrected chi connectivity index (χ1v) is 34.0. The van der Waals surface area contributed by atoms with E-state index in [0.29, 0.717) is 56.6 Å². The van der Waals surface area contributed by atoms with Gasteiger partial charge in [-0.25, -0.2) is 21.6 Å². The van der Waals surface area contributed by atoms with Gasteiger partial charge < -0.3 is 44.4 Å². The van der Waals surface area contributed by atoms with Crippen molar-refractivity contribution >= 4 is 112 Å². The van der Waals surface area contributed by atoms with E-state index >= 15 is 0 Å². The zero-order valence-electron chi connectivity index (χ0n) is 49.7. The Bertz CT molecular complexity index is 4160. The molecular formula is C61H61BrCl3N5Na2O13S3. The molecule has 18 nitrogen and oxygen atoms in total. The van der Waals surface area contributed by atoms with E-state index in [1.807, 2.05) is 19.2 Å². The number of hydrogen-bond acceptors (Lipinski definition) is 16. The Morgan fingerprint density at radius 3 is 2.23 bits per heavy atom. The molecule has 5 aromatic rings. The van der Waals surface area contributed by atoms with Crippen molar-refractivity contribution in [3.8, 4) is 23.0 Å². The fraction of sp³-hybridized carbons (Fsp3) is 0.426. The normalized spacial score (nSPS) is 20.4. The average Bonchev–Trinajstić information content (AvgIpc) is 1.97. The summed E-state index contributed by atoms with van der Waals surface area (Å²) in [7, 11) is -11.1. The fourth-order valence-electron chi connectivity index (χ4n) is 13.5. The summed E-state index contributed by atoms with van der Waals surface area (Å²) in [5.41, 5.74) is 1.92. The summed E-state index contributed by atoms with van der Waals surface area (Å²) < 4.78 is 101. The van der Waals surface area contributed by atoms with Gasteiger partial charge in [0.15, 0.2) is 23.0 Å². The van der Waals surface area contributed by atoms with E-state index in [9.17, 15) is 45.4 Å². The van der Waals surface area contributed by atoms with E-state index in [0.717, 1.165) is 51.8 Å². The van der Waals surface area contributed by atoms with E-state index in [1.165, 1.54) is 23.3 Å². The molecule has 0 radical (unpaired) electrons. The van der Waals surface area contributed by atoms with Gasteiger partial charge in [-0.15, -0.1) is 11.8 Å². The maximum absolute atomic E-state index is 13.7. The Kier molecular flexibility index (Phi) is 20.8. The number of carbonyl (C=O) groups is 3. The number of thioether (sulfide) groups is 1. The summed E-state index contributed by atoms with van der Waals surface area (Å²) in [6.07, 6.45) is 11.7. The molecule has 456 valence electrons. The van der Waals surface area contributed by atoms with Gasteiger partial charge in [0.25, 0.3) is 0 Å². The Morgan fingerprint density at radius 2 is 1.52 bits per heavy atom. The van der Waals surface area contributed by atoms with Gasteiger partial charge in [0.05, 0.1) is 43.0 Å². The molecule has 2 aliphatic carbocycles. The maximum atomic E-state index is 13.7. The Labute approximate surface area is 582 Å². The first-order chi connectivity index (χ1) is 40.5. The Hall–Kier alpha value is -3.43. The number of carbonyl (C=O) groups excluding carboxylic acids is 2. The smallest absolute Gasteiger partial charge is 0.744 e. The summed E-state index contributed by atoms with van der Waals surface area (Å²) in [6.45, 7) is 11.6. The molecule has 5 atom stereocenters. The Morgan fingerprint density at radius 1 is 0.830 bits per heavy atom. The first kappa shape index (κ1) is 68.9. The third-order valence-electron chi connectivity index (χ3n) is 17.0. The SMILES string of the molecule is CC1CC(C)(C)Nc2c1cc1c(c2S(=O)(=O)[O-])Oc2c(S(=O)(=O)[O-])c3c(cc2=C1c1c(Cl)c(SCC(=O)NCCCCCC(=O)NCCc2cnc4c(c2)[C@@H]2C=CC[C@@H]2[C@H](c2cc5c(cc2Br)OCO5)C4)c(Cl)c(Cl)c1C(=O)O)C(C)CC(C)(C)N=3.[Na+].[Na+]. The molecule has 0 saturated heterocycles. The minimum Gasteiger partial charge on any atom is -0.744 e. The van der Waals surface area contributed by atoms with Gasteiger partial charge in [0.2, 0.25) is 18.6 Å². The van der Waals surface area contributed by atoms with Crippen molar-refractivity contribution in [2.75, 3.05) is 31.0 Å². The first-order valence-electron chi connectivity index (χ1n) is 28.3.